The van der Waals surface area contributed by atoms with Crippen molar-refractivity contribution in [3.8, 4) is 0 Å². The maximum absolute atomic E-state index is 13.2. The fourth-order valence-electron chi connectivity index (χ4n) is 2.75. The molecular formula is C21H25FN2O3S. The van der Waals surface area contributed by atoms with Crippen molar-refractivity contribution >= 4 is 22.0 Å². The summed E-state index contributed by atoms with van der Waals surface area (Å²) in [4.78, 5) is 13.9. The molecule has 28 heavy (non-hydrogen) atoms. The molecule has 0 N–H and O–H groups in total. The molecule has 2 aromatic carbocycles. The van der Waals surface area contributed by atoms with Gasteiger partial charge in [0.2, 0.25) is 15.9 Å². The largest absolute Gasteiger partial charge is 0.338 e. The lowest BCUT2D eigenvalue weighted by Gasteiger charge is -2.18. The number of hydrogen-bond donors (Lipinski definition) is 0. The summed E-state index contributed by atoms with van der Waals surface area (Å²) in [5.41, 5.74) is 1.42. The van der Waals surface area contributed by atoms with Crippen LogP contribution < -0.4 is 0 Å². The van der Waals surface area contributed by atoms with Crippen LogP contribution in [0.3, 0.4) is 0 Å². The van der Waals surface area contributed by atoms with E-state index in [1.807, 2.05) is 0 Å². The highest BCUT2D eigenvalue weighted by molar-refractivity contribution is 7.89. The molecule has 2 aromatic rings. The minimum absolute atomic E-state index is 0.225. The SMILES string of the molecule is CCN(CC)S(=O)(=O)c1ccc(C=CC(=O)N(C)Cc2cccc(F)c2)cc1. The minimum Gasteiger partial charge on any atom is -0.338 e. The third kappa shape index (κ3) is 5.50. The van der Waals surface area contributed by atoms with Crippen LogP contribution in [0.4, 0.5) is 4.39 Å². The molecule has 0 radical (unpaired) electrons. The Balaban J connectivity index is 2.04. The number of likely N-dealkylation sites (N-methyl/N-ethyl adjacent to an activating group) is 1. The molecular weight excluding hydrogens is 379 g/mol. The summed E-state index contributed by atoms with van der Waals surface area (Å²) in [5.74, 6) is -0.572. The first kappa shape index (κ1) is 21.8. The zero-order valence-corrected chi connectivity index (χ0v) is 17.1. The Labute approximate surface area is 166 Å². The number of carbonyl (C=O) groups is 1. The van der Waals surface area contributed by atoms with E-state index in [4.69, 9.17) is 0 Å². The number of halogens is 1. The third-order valence-electron chi connectivity index (χ3n) is 4.33. The zero-order valence-electron chi connectivity index (χ0n) is 16.3. The van der Waals surface area contributed by atoms with Crippen LogP contribution in [0.5, 0.6) is 0 Å². The predicted molar refractivity (Wildman–Crippen MR) is 108 cm³/mol. The van der Waals surface area contributed by atoms with Gasteiger partial charge in [0.1, 0.15) is 5.82 Å². The Morgan fingerprint density at radius 2 is 1.71 bits per heavy atom. The molecule has 0 saturated carbocycles. The predicted octanol–water partition coefficient (Wildman–Crippen LogP) is 3.53. The molecule has 150 valence electrons. The molecule has 7 heteroatoms. The highest BCUT2D eigenvalue weighted by atomic mass is 32.2. The summed E-state index contributed by atoms with van der Waals surface area (Å²) >= 11 is 0. The van der Waals surface area contributed by atoms with E-state index in [-0.39, 0.29) is 16.6 Å². The lowest BCUT2D eigenvalue weighted by Crippen LogP contribution is -2.30. The number of sulfonamides is 1. The van der Waals surface area contributed by atoms with Gasteiger partial charge in [-0.3, -0.25) is 4.79 Å². The van der Waals surface area contributed by atoms with Crippen molar-refractivity contribution < 1.29 is 17.6 Å². The summed E-state index contributed by atoms with van der Waals surface area (Å²) < 4.78 is 39.6. The van der Waals surface area contributed by atoms with Crippen molar-refractivity contribution in [1.29, 1.82) is 0 Å². The van der Waals surface area contributed by atoms with Crippen molar-refractivity contribution in [2.45, 2.75) is 25.3 Å². The Morgan fingerprint density at radius 1 is 1.07 bits per heavy atom. The van der Waals surface area contributed by atoms with Gasteiger partial charge in [0.05, 0.1) is 4.90 Å². The number of hydrogen-bond acceptors (Lipinski definition) is 3. The van der Waals surface area contributed by atoms with Crippen molar-refractivity contribution in [2.75, 3.05) is 20.1 Å². The first-order valence-corrected chi connectivity index (χ1v) is 10.5. The molecule has 0 unspecified atom stereocenters. The molecule has 0 heterocycles. The van der Waals surface area contributed by atoms with Gasteiger partial charge in [-0.2, -0.15) is 4.31 Å². The standard InChI is InChI=1S/C21H25FN2O3S/c1-4-24(5-2)28(26,27)20-12-9-17(10-13-20)11-14-21(25)23(3)16-18-7-6-8-19(22)15-18/h6-15H,4-5,16H2,1-3H3. The average molecular weight is 405 g/mol. The van der Waals surface area contributed by atoms with Crippen molar-refractivity contribution in [1.82, 2.24) is 9.21 Å². The number of rotatable bonds is 8. The highest BCUT2D eigenvalue weighted by Gasteiger charge is 2.20. The van der Waals surface area contributed by atoms with E-state index in [0.717, 1.165) is 0 Å². The van der Waals surface area contributed by atoms with Gasteiger partial charge in [-0.15, -0.1) is 0 Å². The Hall–Kier alpha value is -2.51. The van der Waals surface area contributed by atoms with E-state index in [0.29, 0.717) is 30.8 Å². The number of benzene rings is 2. The van der Waals surface area contributed by atoms with Crippen LogP contribution in [-0.4, -0.2) is 43.7 Å². The van der Waals surface area contributed by atoms with Crippen LogP contribution in [0.25, 0.3) is 6.08 Å². The van der Waals surface area contributed by atoms with Crippen LogP contribution in [0.1, 0.15) is 25.0 Å². The van der Waals surface area contributed by atoms with E-state index >= 15 is 0 Å². The van der Waals surface area contributed by atoms with Gasteiger partial charge in [-0.05, 0) is 41.5 Å². The molecule has 0 aliphatic carbocycles. The Bertz CT molecular complexity index is 936. The monoisotopic (exact) mass is 404 g/mol. The molecule has 5 nitrogen and oxygen atoms in total. The normalized spacial score (nSPS) is 11.9. The Kier molecular flexibility index (Phi) is 7.48. The Morgan fingerprint density at radius 3 is 2.29 bits per heavy atom. The molecule has 0 saturated heterocycles. The van der Waals surface area contributed by atoms with E-state index in [2.05, 4.69) is 0 Å². The van der Waals surface area contributed by atoms with Gasteiger partial charge in [0, 0.05) is 32.8 Å². The molecule has 2 rings (SSSR count). The second-order valence-electron chi connectivity index (χ2n) is 6.32. The maximum atomic E-state index is 13.2. The smallest absolute Gasteiger partial charge is 0.246 e. The molecule has 0 fully saturated rings. The van der Waals surface area contributed by atoms with Gasteiger partial charge in [0.15, 0.2) is 0 Å². The van der Waals surface area contributed by atoms with Gasteiger partial charge in [-0.1, -0.05) is 38.1 Å². The van der Waals surface area contributed by atoms with Gasteiger partial charge < -0.3 is 4.90 Å². The van der Waals surface area contributed by atoms with Crippen LogP contribution in [0, 0.1) is 5.82 Å². The van der Waals surface area contributed by atoms with Crippen LogP contribution in [0.2, 0.25) is 0 Å². The van der Waals surface area contributed by atoms with E-state index in [9.17, 15) is 17.6 Å². The number of amides is 1. The van der Waals surface area contributed by atoms with Gasteiger partial charge >= 0.3 is 0 Å². The second kappa shape index (κ2) is 9.61. The van der Waals surface area contributed by atoms with Crippen molar-refractivity contribution in [3.63, 3.8) is 0 Å². The molecule has 0 aromatic heterocycles. The fourth-order valence-corrected chi connectivity index (χ4v) is 4.20. The van der Waals surface area contributed by atoms with Gasteiger partial charge in [0.25, 0.3) is 0 Å². The topological polar surface area (TPSA) is 57.7 Å². The van der Waals surface area contributed by atoms with Crippen molar-refractivity contribution in [2.24, 2.45) is 0 Å². The quantitative estimate of drug-likeness (QED) is 0.633. The summed E-state index contributed by atoms with van der Waals surface area (Å²) in [5, 5.41) is 0. The zero-order chi connectivity index (χ0) is 20.7. The molecule has 0 atom stereocenters. The molecule has 0 bridgehead atoms. The number of nitrogens with zero attached hydrogens (tertiary/aromatic N) is 2. The maximum Gasteiger partial charge on any atom is 0.246 e. The highest BCUT2D eigenvalue weighted by Crippen LogP contribution is 2.17. The average Bonchev–Trinajstić information content (AvgIpc) is 2.67. The molecule has 1 amide bonds. The summed E-state index contributed by atoms with van der Waals surface area (Å²) in [6.07, 6.45) is 3.03. The van der Waals surface area contributed by atoms with Gasteiger partial charge in [-0.25, -0.2) is 12.8 Å². The van der Waals surface area contributed by atoms with E-state index < -0.39 is 10.0 Å². The van der Waals surface area contributed by atoms with Crippen LogP contribution in [0.15, 0.2) is 59.5 Å². The van der Waals surface area contributed by atoms with Crippen LogP contribution >= 0.6 is 0 Å². The second-order valence-corrected chi connectivity index (χ2v) is 8.25. The summed E-state index contributed by atoms with van der Waals surface area (Å²) in [6.45, 7) is 4.70. The summed E-state index contributed by atoms with van der Waals surface area (Å²) in [6, 6.07) is 12.5. The summed E-state index contributed by atoms with van der Waals surface area (Å²) in [7, 11) is -1.86. The molecule has 0 spiro atoms. The lowest BCUT2D eigenvalue weighted by atomic mass is 10.2. The first-order chi connectivity index (χ1) is 13.3. The fraction of sp³-hybridized carbons (Fsp3) is 0.286. The van der Waals surface area contributed by atoms with Crippen LogP contribution in [-0.2, 0) is 21.4 Å². The van der Waals surface area contributed by atoms with E-state index in [1.54, 1.807) is 51.2 Å². The third-order valence-corrected chi connectivity index (χ3v) is 6.39. The van der Waals surface area contributed by atoms with E-state index in [1.165, 1.54) is 39.5 Å². The minimum atomic E-state index is -3.50. The van der Waals surface area contributed by atoms with Crippen molar-refractivity contribution in [3.05, 3.63) is 71.6 Å². The lowest BCUT2D eigenvalue weighted by molar-refractivity contribution is -0.125. The number of carbonyl (C=O) groups excluding carboxylic acids is 1. The first-order valence-electron chi connectivity index (χ1n) is 9.05. The molecule has 0 aliphatic heterocycles. The molecule has 0 aliphatic rings.